The second-order valence-corrected chi connectivity index (χ2v) is 8.91. The molecule has 3 aromatic rings. The predicted molar refractivity (Wildman–Crippen MR) is 138 cm³/mol. The van der Waals surface area contributed by atoms with Crippen LogP contribution in [0.3, 0.4) is 0 Å². The molecule has 0 saturated heterocycles. The van der Waals surface area contributed by atoms with Crippen LogP contribution in [0.4, 0.5) is 5.69 Å². The van der Waals surface area contributed by atoms with Gasteiger partial charge in [-0.2, -0.15) is 0 Å². The Kier molecular flexibility index (Phi) is 8.05. The molecule has 4 heteroatoms. The normalized spacial score (nSPS) is 15.6. The van der Waals surface area contributed by atoms with Gasteiger partial charge in [-0.15, -0.1) is 0 Å². The third kappa shape index (κ3) is 6.09. The van der Waals surface area contributed by atoms with E-state index in [1.54, 1.807) is 11.8 Å². The van der Waals surface area contributed by atoms with Crippen LogP contribution < -0.4 is 10.2 Å². The highest BCUT2D eigenvalue weighted by molar-refractivity contribution is 6.23. The Bertz CT molecular complexity index is 1140. The van der Waals surface area contributed by atoms with Crippen molar-refractivity contribution < 1.29 is 9.59 Å². The first-order valence-electron chi connectivity index (χ1n) is 12.0. The van der Waals surface area contributed by atoms with Crippen molar-refractivity contribution in [3.8, 4) is 0 Å². The molecule has 4 rings (SSSR count). The van der Waals surface area contributed by atoms with E-state index in [1.165, 1.54) is 5.56 Å². The Hall–Kier alpha value is -3.50. The zero-order valence-corrected chi connectivity index (χ0v) is 19.7. The van der Waals surface area contributed by atoms with Gasteiger partial charge < -0.3 is 10.2 Å². The van der Waals surface area contributed by atoms with Crippen molar-refractivity contribution in [2.24, 2.45) is 5.92 Å². The standard InChI is InChI=1S/C30H32N2O2/c1-23(33)32(22-26-12-6-3-7-13-26)29-15-9-8-14-27(29)28-17-16-24(20-30(28)34)18-19-31-21-25-10-4-2-5-11-25/h2-15,17,24,31H,16,18-22H2,1H3. The summed E-state index contributed by atoms with van der Waals surface area (Å²) in [5.74, 6) is 0.470. The first-order valence-corrected chi connectivity index (χ1v) is 12.0. The second kappa shape index (κ2) is 11.6. The minimum absolute atomic E-state index is 0.0393. The van der Waals surface area contributed by atoms with Gasteiger partial charge in [0.1, 0.15) is 0 Å². The summed E-state index contributed by atoms with van der Waals surface area (Å²) in [4.78, 5) is 27.5. The van der Waals surface area contributed by atoms with Gasteiger partial charge in [-0.3, -0.25) is 9.59 Å². The first kappa shape index (κ1) is 23.7. The van der Waals surface area contributed by atoms with Gasteiger partial charge in [0.05, 0.1) is 12.2 Å². The van der Waals surface area contributed by atoms with E-state index >= 15 is 0 Å². The van der Waals surface area contributed by atoms with Gasteiger partial charge in [-0.1, -0.05) is 84.9 Å². The van der Waals surface area contributed by atoms with Crippen LogP contribution in [0.25, 0.3) is 5.57 Å². The van der Waals surface area contributed by atoms with Crippen LogP contribution in [0.1, 0.15) is 42.9 Å². The molecular weight excluding hydrogens is 420 g/mol. The molecular formula is C30H32N2O2. The van der Waals surface area contributed by atoms with Crippen molar-refractivity contribution in [1.29, 1.82) is 0 Å². The van der Waals surface area contributed by atoms with E-state index in [4.69, 9.17) is 0 Å². The van der Waals surface area contributed by atoms with Crippen molar-refractivity contribution >= 4 is 23.0 Å². The molecule has 174 valence electrons. The molecule has 0 aromatic heterocycles. The number of anilines is 1. The largest absolute Gasteiger partial charge is 0.313 e. The van der Waals surface area contributed by atoms with Crippen molar-refractivity contribution in [1.82, 2.24) is 5.32 Å². The molecule has 0 heterocycles. The van der Waals surface area contributed by atoms with Crippen LogP contribution in [0.15, 0.2) is 91.0 Å². The molecule has 3 aromatic carbocycles. The highest BCUT2D eigenvalue weighted by Gasteiger charge is 2.26. The lowest BCUT2D eigenvalue weighted by atomic mass is 9.83. The summed E-state index contributed by atoms with van der Waals surface area (Å²) in [6, 6.07) is 28.1. The molecule has 0 aliphatic heterocycles. The van der Waals surface area contributed by atoms with Crippen LogP contribution in [0.2, 0.25) is 0 Å². The van der Waals surface area contributed by atoms with Crippen LogP contribution >= 0.6 is 0 Å². The smallest absolute Gasteiger partial charge is 0.224 e. The average Bonchev–Trinajstić information content (AvgIpc) is 2.86. The van der Waals surface area contributed by atoms with Crippen molar-refractivity contribution in [3.05, 3.63) is 108 Å². The number of ketones is 1. The summed E-state index contributed by atoms with van der Waals surface area (Å²) in [6.45, 7) is 3.79. The summed E-state index contributed by atoms with van der Waals surface area (Å²) in [5.41, 5.74) is 4.70. The van der Waals surface area contributed by atoms with Gasteiger partial charge in [0.2, 0.25) is 5.91 Å². The molecule has 0 radical (unpaired) electrons. The summed E-state index contributed by atoms with van der Waals surface area (Å²) in [7, 11) is 0. The average molecular weight is 453 g/mol. The lowest BCUT2D eigenvalue weighted by Crippen LogP contribution is -2.29. The lowest BCUT2D eigenvalue weighted by Gasteiger charge is -2.27. The number of carbonyl (C=O) groups is 2. The van der Waals surface area contributed by atoms with Gasteiger partial charge in [0.15, 0.2) is 5.78 Å². The molecule has 0 saturated carbocycles. The number of hydrogen-bond donors (Lipinski definition) is 1. The monoisotopic (exact) mass is 452 g/mol. The first-order chi connectivity index (χ1) is 16.6. The zero-order valence-electron chi connectivity index (χ0n) is 19.7. The van der Waals surface area contributed by atoms with E-state index in [9.17, 15) is 9.59 Å². The number of rotatable bonds is 9. The third-order valence-corrected chi connectivity index (χ3v) is 6.38. The molecule has 0 fully saturated rings. The highest BCUT2D eigenvalue weighted by Crippen LogP contribution is 2.35. The summed E-state index contributed by atoms with van der Waals surface area (Å²) in [6.07, 6.45) is 4.47. The molecule has 1 aliphatic carbocycles. The van der Waals surface area contributed by atoms with Crippen LogP contribution in [-0.2, 0) is 22.7 Å². The number of nitrogens with one attached hydrogen (secondary N) is 1. The van der Waals surface area contributed by atoms with Crippen molar-refractivity contribution in [2.45, 2.75) is 39.3 Å². The fourth-order valence-corrected chi connectivity index (χ4v) is 4.54. The molecule has 1 atom stereocenters. The number of allylic oxidation sites excluding steroid dienone is 2. The molecule has 34 heavy (non-hydrogen) atoms. The Morgan fingerprint density at radius 2 is 1.56 bits per heavy atom. The summed E-state index contributed by atoms with van der Waals surface area (Å²) < 4.78 is 0. The number of Topliss-reactive ketones (excluding diaryl/α,β-unsaturated/α-hetero) is 1. The number of amides is 1. The SMILES string of the molecule is CC(=O)N(Cc1ccccc1)c1ccccc1C1=CCC(CCNCc2ccccc2)CC1=O. The molecule has 1 aliphatic rings. The van der Waals surface area contributed by atoms with E-state index in [0.717, 1.165) is 48.3 Å². The van der Waals surface area contributed by atoms with Crippen molar-refractivity contribution in [3.63, 3.8) is 0 Å². The van der Waals surface area contributed by atoms with E-state index in [1.807, 2.05) is 72.8 Å². The number of benzene rings is 3. The van der Waals surface area contributed by atoms with Crippen LogP contribution in [0.5, 0.6) is 0 Å². The minimum atomic E-state index is -0.0393. The minimum Gasteiger partial charge on any atom is -0.313 e. The molecule has 1 amide bonds. The number of nitrogens with zero attached hydrogens (tertiary/aromatic N) is 1. The van der Waals surface area contributed by atoms with E-state index in [0.29, 0.717) is 18.9 Å². The Morgan fingerprint density at radius 3 is 2.24 bits per heavy atom. The molecule has 0 bridgehead atoms. The van der Waals surface area contributed by atoms with Crippen LogP contribution in [0, 0.1) is 5.92 Å². The maximum absolute atomic E-state index is 13.2. The van der Waals surface area contributed by atoms with Gasteiger partial charge in [-0.05, 0) is 42.5 Å². The topological polar surface area (TPSA) is 49.4 Å². The molecule has 0 spiro atoms. The van der Waals surface area contributed by atoms with Gasteiger partial charge >= 0.3 is 0 Å². The number of hydrogen-bond acceptors (Lipinski definition) is 3. The van der Waals surface area contributed by atoms with Crippen LogP contribution in [-0.4, -0.2) is 18.2 Å². The van der Waals surface area contributed by atoms with E-state index < -0.39 is 0 Å². The Morgan fingerprint density at radius 1 is 0.912 bits per heavy atom. The van der Waals surface area contributed by atoms with E-state index in [-0.39, 0.29) is 11.7 Å². The summed E-state index contributed by atoms with van der Waals surface area (Å²) in [5, 5.41) is 3.49. The second-order valence-electron chi connectivity index (χ2n) is 8.91. The lowest BCUT2D eigenvalue weighted by molar-refractivity contribution is -0.117. The van der Waals surface area contributed by atoms with Gasteiger partial charge in [0.25, 0.3) is 0 Å². The van der Waals surface area contributed by atoms with E-state index in [2.05, 4.69) is 23.5 Å². The van der Waals surface area contributed by atoms with Crippen molar-refractivity contribution in [2.75, 3.05) is 11.4 Å². The molecule has 4 nitrogen and oxygen atoms in total. The predicted octanol–water partition coefficient (Wildman–Crippen LogP) is 5.78. The maximum Gasteiger partial charge on any atom is 0.224 e. The Balaban J connectivity index is 1.43. The fraction of sp³-hybridized carbons (Fsp3) is 0.267. The fourth-order valence-electron chi connectivity index (χ4n) is 4.54. The summed E-state index contributed by atoms with van der Waals surface area (Å²) >= 11 is 0. The third-order valence-electron chi connectivity index (χ3n) is 6.38. The highest BCUT2D eigenvalue weighted by atomic mass is 16.2. The number of carbonyl (C=O) groups excluding carboxylic acids is 2. The molecule has 1 unspecified atom stereocenters. The molecule has 1 N–H and O–H groups in total. The maximum atomic E-state index is 13.2. The number of para-hydroxylation sites is 1. The van der Waals surface area contributed by atoms with Gasteiger partial charge in [-0.25, -0.2) is 0 Å². The zero-order chi connectivity index (χ0) is 23.8. The quantitative estimate of drug-likeness (QED) is 0.419. The Labute approximate surface area is 202 Å². The van der Waals surface area contributed by atoms with Gasteiger partial charge in [0, 0.05) is 31.0 Å².